The monoisotopic (exact) mass is 347 g/mol. The molecule has 1 unspecified atom stereocenters. The van der Waals surface area contributed by atoms with Crippen molar-refractivity contribution < 1.29 is 23.8 Å². The van der Waals surface area contributed by atoms with Crippen molar-refractivity contribution in [1.82, 2.24) is 5.32 Å². The number of carboxylic acid groups (broad SMARTS) is 1. The van der Waals surface area contributed by atoms with E-state index in [4.69, 9.17) is 9.84 Å². The van der Waals surface area contributed by atoms with Gasteiger partial charge in [-0.1, -0.05) is 15.9 Å². The van der Waals surface area contributed by atoms with Crippen molar-refractivity contribution in [1.29, 1.82) is 0 Å². The van der Waals surface area contributed by atoms with Crippen LogP contribution in [-0.2, 0) is 9.53 Å². The summed E-state index contributed by atoms with van der Waals surface area (Å²) < 4.78 is 19.2. The highest BCUT2D eigenvalue weighted by atomic mass is 79.9. The van der Waals surface area contributed by atoms with Crippen LogP contribution in [0.25, 0.3) is 0 Å². The van der Waals surface area contributed by atoms with Crippen molar-refractivity contribution in [3.8, 4) is 0 Å². The Morgan fingerprint density at radius 3 is 2.50 bits per heavy atom. The van der Waals surface area contributed by atoms with Crippen LogP contribution in [0.2, 0.25) is 0 Å². The van der Waals surface area contributed by atoms with E-state index in [9.17, 15) is 14.0 Å². The predicted molar refractivity (Wildman–Crippen MR) is 73.8 cm³/mol. The number of carboxylic acids is 1. The number of rotatable bonds is 3. The third kappa shape index (κ3) is 4.80. The van der Waals surface area contributed by atoms with Gasteiger partial charge in [0.05, 0.1) is 0 Å². The predicted octanol–water partition coefficient (Wildman–Crippen LogP) is 3.24. The van der Waals surface area contributed by atoms with Gasteiger partial charge in [-0.15, -0.1) is 0 Å². The van der Waals surface area contributed by atoms with Gasteiger partial charge >= 0.3 is 12.1 Å². The van der Waals surface area contributed by atoms with E-state index in [1.807, 2.05) is 0 Å². The fourth-order valence-electron chi connectivity index (χ4n) is 1.43. The van der Waals surface area contributed by atoms with Gasteiger partial charge in [-0.2, -0.15) is 0 Å². The second-order valence-electron chi connectivity index (χ2n) is 5.08. The molecule has 0 heterocycles. The first-order valence-corrected chi connectivity index (χ1v) is 6.57. The van der Waals surface area contributed by atoms with Gasteiger partial charge in [0, 0.05) is 10.0 Å². The van der Waals surface area contributed by atoms with Crippen LogP contribution < -0.4 is 5.32 Å². The van der Waals surface area contributed by atoms with Crippen molar-refractivity contribution in [2.45, 2.75) is 32.4 Å². The van der Waals surface area contributed by atoms with Gasteiger partial charge in [0.1, 0.15) is 11.4 Å². The molecule has 0 fully saturated rings. The lowest BCUT2D eigenvalue weighted by atomic mass is 10.1. The van der Waals surface area contributed by atoms with Crippen molar-refractivity contribution in [2.75, 3.05) is 0 Å². The third-order valence-electron chi connectivity index (χ3n) is 2.18. The minimum Gasteiger partial charge on any atom is -0.479 e. The first-order valence-electron chi connectivity index (χ1n) is 5.77. The van der Waals surface area contributed by atoms with E-state index in [0.29, 0.717) is 4.47 Å². The second kappa shape index (κ2) is 6.21. The molecule has 5 nitrogen and oxygen atoms in total. The summed E-state index contributed by atoms with van der Waals surface area (Å²) in [5, 5.41) is 11.3. The van der Waals surface area contributed by atoms with Gasteiger partial charge in [0.15, 0.2) is 6.04 Å². The van der Waals surface area contributed by atoms with Gasteiger partial charge in [0.25, 0.3) is 0 Å². The summed E-state index contributed by atoms with van der Waals surface area (Å²) in [6, 6.07) is 2.32. The van der Waals surface area contributed by atoms with E-state index < -0.39 is 29.5 Å². The molecule has 0 bridgehead atoms. The lowest BCUT2D eigenvalue weighted by molar-refractivity contribution is -0.139. The first-order chi connectivity index (χ1) is 9.10. The molecule has 20 heavy (non-hydrogen) atoms. The Kier molecular flexibility index (Phi) is 5.10. The quantitative estimate of drug-likeness (QED) is 0.879. The molecule has 2 N–H and O–H groups in total. The average molecular weight is 348 g/mol. The number of halogens is 2. The Morgan fingerprint density at radius 1 is 1.40 bits per heavy atom. The standard InChI is InChI=1S/C13H15BrFNO4/c1-13(2,3)20-12(19)16-10(11(17)18)8-6-7(14)4-5-9(8)15/h4-6,10H,1-3H3,(H,16,19)(H,17,18). The number of benzene rings is 1. The van der Waals surface area contributed by atoms with Crippen LogP contribution >= 0.6 is 15.9 Å². The number of nitrogens with one attached hydrogen (secondary N) is 1. The summed E-state index contributed by atoms with van der Waals surface area (Å²) in [5.41, 5.74) is -0.930. The molecule has 0 aliphatic carbocycles. The number of hydrogen-bond donors (Lipinski definition) is 2. The van der Waals surface area contributed by atoms with Gasteiger partial charge in [-0.25, -0.2) is 14.0 Å². The van der Waals surface area contributed by atoms with E-state index in [1.165, 1.54) is 12.1 Å². The van der Waals surface area contributed by atoms with E-state index in [-0.39, 0.29) is 5.56 Å². The Hall–Kier alpha value is -1.63. The summed E-state index contributed by atoms with van der Waals surface area (Å²) in [6.07, 6.45) is -0.927. The van der Waals surface area contributed by atoms with Crippen LogP contribution in [0, 0.1) is 5.82 Å². The summed E-state index contributed by atoms with van der Waals surface area (Å²) in [6.45, 7) is 4.92. The molecular weight excluding hydrogens is 333 g/mol. The topological polar surface area (TPSA) is 75.6 Å². The largest absolute Gasteiger partial charge is 0.479 e. The first kappa shape index (κ1) is 16.4. The molecule has 110 valence electrons. The lowest BCUT2D eigenvalue weighted by Gasteiger charge is -2.22. The molecule has 1 atom stereocenters. The molecule has 0 aliphatic heterocycles. The van der Waals surface area contributed by atoms with E-state index in [1.54, 1.807) is 20.8 Å². The van der Waals surface area contributed by atoms with Crippen LogP contribution in [-0.4, -0.2) is 22.8 Å². The summed E-state index contributed by atoms with van der Waals surface area (Å²) in [4.78, 5) is 22.8. The molecule has 0 saturated carbocycles. The smallest absolute Gasteiger partial charge is 0.408 e. The number of ether oxygens (including phenoxy) is 1. The van der Waals surface area contributed by atoms with Crippen LogP contribution in [0.4, 0.5) is 9.18 Å². The molecular formula is C13H15BrFNO4. The minimum atomic E-state index is -1.53. The maximum absolute atomic E-state index is 13.7. The minimum absolute atomic E-state index is 0.155. The van der Waals surface area contributed by atoms with Gasteiger partial charge in [-0.3, -0.25) is 0 Å². The van der Waals surface area contributed by atoms with Crippen molar-refractivity contribution >= 4 is 28.0 Å². The Balaban J connectivity index is 2.98. The highest BCUT2D eigenvalue weighted by molar-refractivity contribution is 9.10. The van der Waals surface area contributed by atoms with Gasteiger partial charge < -0.3 is 15.2 Å². The number of carbonyl (C=O) groups is 2. The number of aliphatic carboxylic acids is 1. The summed E-state index contributed by atoms with van der Waals surface area (Å²) in [7, 11) is 0. The van der Waals surface area contributed by atoms with Crippen molar-refractivity contribution in [2.24, 2.45) is 0 Å². The Labute approximate surface area is 124 Å². The maximum Gasteiger partial charge on any atom is 0.408 e. The molecule has 1 aromatic carbocycles. The summed E-state index contributed by atoms with van der Waals surface area (Å²) in [5.74, 6) is -2.11. The van der Waals surface area contributed by atoms with Crippen LogP contribution in [0.15, 0.2) is 22.7 Å². The molecule has 1 rings (SSSR count). The Bertz CT molecular complexity index is 528. The van der Waals surface area contributed by atoms with Gasteiger partial charge in [-0.05, 0) is 39.0 Å². The van der Waals surface area contributed by atoms with Crippen LogP contribution in [0.3, 0.4) is 0 Å². The molecule has 1 aromatic rings. The molecule has 7 heteroatoms. The number of amides is 1. The van der Waals surface area contributed by atoms with Crippen molar-refractivity contribution in [3.05, 3.63) is 34.1 Å². The zero-order valence-electron chi connectivity index (χ0n) is 11.2. The van der Waals surface area contributed by atoms with Gasteiger partial charge in [0.2, 0.25) is 0 Å². The normalized spacial score (nSPS) is 12.7. The van der Waals surface area contributed by atoms with Crippen LogP contribution in [0.1, 0.15) is 32.4 Å². The molecule has 1 amide bonds. The molecule has 0 spiro atoms. The van der Waals surface area contributed by atoms with E-state index in [2.05, 4.69) is 21.2 Å². The SMILES string of the molecule is CC(C)(C)OC(=O)NC(C(=O)O)c1cc(Br)ccc1F. The molecule has 0 aliphatic rings. The zero-order chi connectivity index (χ0) is 15.5. The number of carbonyl (C=O) groups excluding carboxylic acids is 1. The van der Waals surface area contributed by atoms with Crippen LogP contribution in [0.5, 0.6) is 0 Å². The highest BCUT2D eigenvalue weighted by Crippen LogP contribution is 2.22. The second-order valence-corrected chi connectivity index (χ2v) is 6.00. The molecule has 0 saturated heterocycles. The zero-order valence-corrected chi connectivity index (χ0v) is 12.8. The fraction of sp³-hybridized carbons (Fsp3) is 0.385. The highest BCUT2D eigenvalue weighted by Gasteiger charge is 2.27. The van der Waals surface area contributed by atoms with E-state index in [0.717, 1.165) is 6.07 Å². The maximum atomic E-state index is 13.7. The lowest BCUT2D eigenvalue weighted by Crippen LogP contribution is -2.38. The Morgan fingerprint density at radius 2 is 2.00 bits per heavy atom. The molecule has 0 aromatic heterocycles. The average Bonchev–Trinajstić information content (AvgIpc) is 2.27. The summed E-state index contributed by atoms with van der Waals surface area (Å²) >= 11 is 3.13. The molecule has 0 radical (unpaired) electrons. The van der Waals surface area contributed by atoms with Crippen molar-refractivity contribution in [3.63, 3.8) is 0 Å². The number of hydrogen-bond acceptors (Lipinski definition) is 3. The third-order valence-corrected chi connectivity index (χ3v) is 2.67. The fourth-order valence-corrected chi connectivity index (χ4v) is 1.81. The number of alkyl carbamates (subject to hydrolysis) is 1. The van der Waals surface area contributed by atoms with E-state index >= 15 is 0 Å².